The highest BCUT2D eigenvalue weighted by Gasteiger charge is 2.01. The summed E-state index contributed by atoms with van der Waals surface area (Å²) in [5.74, 6) is 0. The van der Waals surface area contributed by atoms with Crippen LogP contribution in [0.1, 0.15) is 84.0 Å². The van der Waals surface area contributed by atoms with Crippen molar-refractivity contribution in [3.63, 3.8) is 0 Å². The number of hydrogen-bond acceptors (Lipinski definition) is 3. The molecule has 0 heterocycles. The molecule has 0 spiro atoms. The number of nitrogens with one attached hydrogen (secondary N) is 1. The van der Waals surface area contributed by atoms with Gasteiger partial charge in [0.15, 0.2) is 0 Å². The number of nitrogens with two attached hydrogens (primary N) is 1. The summed E-state index contributed by atoms with van der Waals surface area (Å²) in [6, 6.07) is 0. The van der Waals surface area contributed by atoms with Crippen molar-refractivity contribution in [3.8, 4) is 0 Å². The van der Waals surface area contributed by atoms with Crippen molar-refractivity contribution in [1.82, 2.24) is 5.32 Å². The summed E-state index contributed by atoms with van der Waals surface area (Å²) in [4.78, 5) is 0. The van der Waals surface area contributed by atoms with Crippen molar-refractivity contribution in [2.24, 2.45) is 5.73 Å². The highest BCUT2D eigenvalue weighted by Crippen LogP contribution is 2.12. The molecule has 1 atom stereocenters. The lowest BCUT2D eigenvalue weighted by Crippen LogP contribution is -2.32. The Morgan fingerprint density at radius 3 is 1.79 bits per heavy atom. The minimum Gasteiger partial charge on any atom is -0.379 e. The molecular weight excluding hydrogens is 236 g/mol. The van der Waals surface area contributed by atoms with Crippen LogP contribution < -0.4 is 11.1 Å². The molecule has 0 saturated carbocycles. The van der Waals surface area contributed by atoms with Crippen LogP contribution in [0.25, 0.3) is 0 Å². The van der Waals surface area contributed by atoms with Gasteiger partial charge in [0.2, 0.25) is 0 Å². The average Bonchev–Trinajstić information content (AvgIpc) is 2.42. The lowest BCUT2D eigenvalue weighted by Gasteiger charge is -2.11. The van der Waals surface area contributed by atoms with Crippen LogP contribution in [0.4, 0.5) is 0 Å². The molecule has 0 amide bonds. The third-order valence-corrected chi connectivity index (χ3v) is 3.61. The summed E-state index contributed by atoms with van der Waals surface area (Å²) >= 11 is 0. The Morgan fingerprint density at radius 1 is 0.842 bits per heavy atom. The number of aliphatic hydroxyl groups is 1. The summed E-state index contributed by atoms with van der Waals surface area (Å²) in [6.07, 6.45) is 15.3. The Bertz CT molecular complexity index is 165. The van der Waals surface area contributed by atoms with E-state index in [1.165, 1.54) is 64.2 Å². The predicted octanol–water partition coefficient (Wildman–Crippen LogP) is 3.55. The van der Waals surface area contributed by atoms with Crippen LogP contribution in [-0.4, -0.2) is 24.4 Å². The molecule has 0 saturated heterocycles. The zero-order valence-electron chi connectivity index (χ0n) is 13.0. The van der Waals surface area contributed by atoms with Crippen LogP contribution in [0.3, 0.4) is 0 Å². The van der Waals surface area contributed by atoms with Crippen molar-refractivity contribution in [2.75, 3.05) is 13.1 Å². The molecule has 0 aliphatic rings. The molecule has 4 N–H and O–H groups in total. The summed E-state index contributed by atoms with van der Waals surface area (Å²) in [7, 11) is 0. The van der Waals surface area contributed by atoms with E-state index in [4.69, 9.17) is 5.73 Å². The molecule has 3 heteroatoms. The maximum Gasteiger partial charge on any atom is 0.104 e. The van der Waals surface area contributed by atoms with E-state index >= 15 is 0 Å². The molecule has 0 rings (SSSR count). The van der Waals surface area contributed by atoms with E-state index in [0.29, 0.717) is 13.1 Å². The second-order valence-corrected chi connectivity index (χ2v) is 5.58. The zero-order valence-corrected chi connectivity index (χ0v) is 13.0. The van der Waals surface area contributed by atoms with Crippen LogP contribution >= 0.6 is 0 Å². The van der Waals surface area contributed by atoms with Gasteiger partial charge in [0, 0.05) is 13.1 Å². The second-order valence-electron chi connectivity index (χ2n) is 5.58. The van der Waals surface area contributed by atoms with Gasteiger partial charge in [-0.25, -0.2) is 0 Å². The Balaban J connectivity index is 3.02. The maximum atomic E-state index is 9.56. The standard InChI is InChI=1S/C16H36N2O/c1-2-3-4-5-6-7-8-9-10-11-12-13-16(19)18-15-14-17/h16,18-19H,2-15,17H2,1H3. The zero-order chi connectivity index (χ0) is 14.2. The predicted molar refractivity (Wildman–Crippen MR) is 84.1 cm³/mol. The smallest absolute Gasteiger partial charge is 0.104 e. The average molecular weight is 272 g/mol. The molecule has 19 heavy (non-hydrogen) atoms. The van der Waals surface area contributed by atoms with E-state index < -0.39 is 0 Å². The lowest BCUT2D eigenvalue weighted by molar-refractivity contribution is 0.126. The molecule has 1 unspecified atom stereocenters. The Kier molecular flexibility index (Phi) is 15.8. The van der Waals surface area contributed by atoms with Crippen molar-refractivity contribution < 1.29 is 5.11 Å². The van der Waals surface area contributed by atoms with Gasteiger partial charge in [0.25, 0.3) is 0 Å². The van der Waals surface area contributed by atoms with Crippen molar-refractivity contribution in [1.29, 1.82) is 0 Å². The summed E-state index contributed by atoms with van der Waals surface area (Å²) in [5.41, 5.74) is 5.36. The fourth-order valence-electron chi connectivity index (χ4n) is 2.35. The number of aliphatic hydroxyl groups excluding tert-OH is 1. The quantitative estimate of drug-likeness (QED) is 0.315. The summed E-state index contributed by atoms with van der Waals surface area (Å²) in [6.45, 7) is 3.57. The van der Waals surface area contributed by atoms with Crippen LogP contribution in [0.5, 0.6) is 0 Å². The van der Waals surface area contributed by atoms with Gasteiger partial charge < -0.3 is 10.8 Å². The van der Waals surface area contributed by atoms with Gasteiger partial charge >= 0.3 is 0 Å². The van der Waals surface area contributed by atoms with Crippen molar-refractivity contribution in [2.45, 2.75) is 90.2 Å². The molecule has 0 bridgehead atoms. The monoisotopic (exact) mass is 272 g/mol. The first-order valence-corrected chi connectivity index (χ1v) is 8.42. The molecule has 0 aliphatic carbocycles. The van der Waals surface area contributed by atoms with Gasteiger partial charge in [-0.15, -0.1) is 0 Å². The van der Waals surface area contributed by atoms with E-state index in [2.05, 4.69) is 12.2 Å². The minimum absolute atomic E-state index is 0.359. The van der Waals surface area contributed by atoms with Crippen LogP contribution in [-0.2, 0) is 0 Å². The van der Waals surface area contributed by atoms with E-state index in [0.717, 1.165) is 12.8 Å². The van der Waals surface area contributed by atoms with E-state index in [1.807, 2.05) is 0 Å². The molecule has 116 valence electrons. The summed E-state index contributed by atoms with van der Waals surface area (Å²) < 4.78 is 0. The molecule has 3 nitrogen and oxygen atoms in total. The molecule has 0 aromatic rings. The van der Waals surface area contributed by atoms with Crippen LogP contribution in [0, 0.1) is 0 Å². The number of hydrogen-bond donors (Lipinski definition) is 3. The minimum atomic E-state index is -0.359. The molecule has 0 aromatic heterocycles. The molecular formula is C16H36N2O. The topological polar surface area (TPSA) is 58.3 Å². The van der Waals surface area contributed by atoms with E-state index in [9.17, 15) is 5.11 Å². The normalized spacial score (nSPS) is 12.8. The lowest BCUT2D eigenvalue weighted by atomic mass is 10.1. The number of unbranched alkanes of at least 4 members (excludes halogenated alkanes) is 10. The fourth-order valence-corrected chi connectivity index (χ4v) is 2.35. The Hall–Kier alpha value is -0.120. The van der Waals surface area contributed by atoms with Gasteiger partial charge in [-0.1, -0.05) is 71.1 Å². The third-order valence-electron chi connectivity index (χ3n) is 3.61. The molecule has 0 fully saturated rings. The van der Waals surface area contributed by atoms with Crippen molar-refractivity contribution in [3.05, 3.63) is 0 Å². The highest BCUT2D eigenvalue weighted by molar-refractivity contribution is 4.55. The van der Waals surface area contributed by atoms with Crippen LogP contribution in [0.15, 0.2) is 0 Å². The second kappa shape index (κ2) is 15.9. The van der Waals surface area contributed by atoms with Crippen molar-refractivity contribution >= 4 is 0 Å². The first-order valence-electron chi connectivity index (χ1n) is 8.42. The number of rotatable bonds is 15. The van der Waals surface area contributed by atoms with E-state index in [-0.39, 0.29) is 6.23 Å². The van der Waals surface area contributed by atoms with E-state index in [1.54, 1.807) is 0 Å². The summed E-state index contributed by atoms with van der Waals surface area (Å²) in [5, 5.41) is 12.6. The van der Waals surface area contributed by atoms with Gasteiger partial charge in [-0.05, 0) is 12.8 Å². The largest absolute Gasteiger partial charge is 0.379 e. The maximum absolute atomic E-state index is 9.56. The molecule has 0 aromatic carbocycles. The van der Waals surface area contributed by atoms with Gasteiger partial charge in [0.05, 0.1) is 0 Å². The SMILES string of the molecule is CCCCCCCCCCCCCC(O)NCCN. The first kappa shape index (κ1) is 18.9. The van der Waals surface area contributed by atoms with Gasteiger partial charge in [-0.3, -0.25) is 5.32 Å². The Labute approximate surface area is 120 Å². The third kappa shape index (κ3) is 15.8. The molecule has 0 aliphatic heterocycles. The molecule has 0 radical (unpaired) electrons. The highest BCUT2D eigenvalue weighted by atomic mass is 16.3. The van der Waals surface area contributed by atoms with Gasteiger partial charge in [-0.2, -0.15) is 0 Å². The first-order chi connectivity index (χ1) is 9.31. The fraction of sp³-hybridized carbons (Fsp3) is 1.00. The van der Waals surface area contributed by atoms with Crippen LogP contribution in [0.2, 0.25) is 0 Å². The van der Waals surface area contributed by atoms with Gasteiger partial charge in [0.1, 0.15) is 6.23 Å². The Morgan fingerprint density at radius 2 is 1.32 bits per heavy atom.